The van der Waals surface area contributed by atoms with Crippen LogP contribution in [0.1, 0.15) is 37.6 Å². The number of ether oxygens (including phenoxy) is 1. The van der Waals surface area contributed by atoms with Gasteiger partial charge in [0.05, 0.1) is 5.56 Å². The van der Waals surface area contributed by atoms with E-state index in [-0.39, 0.29) is 17.9 Å². The molecule has 0 heterocycles. The second-order valence-electron chi connectivity index (χ2n) is 7.78. The molecule has 0 amide bonds. The van der Waals surface area contributed by atoms with Gasteiger partial charge in [-0.1, -0.05) is 63.2 Å². The number of hydrogen-bond acceptors (Lipinski definition) is 4. The number of allylic oxidation sites excluding steroid dienone is 1. The summed E-state index contributed by atoms with van der Waals surface area (Å²) >= 11 is 0. The van der Waals surface area contributed by atoms with Crippen LogP contribution < -0.4 is 0 Å². The minimum atomic E-state index is -1.37. The van der Waals surface area contributed by atoms with Crippen LogP contribution in [0, 0.1) is 5.41 Å². The topological polar surface area (TPSA) is 66.8 Å². The van der Waals surface area contributed by atoms with Gasteiger partial charge in [0.15, 0.2) is 0 Å². The first-order valence-electron chi connectivity index (χ1n) is 8.92. The molecule has 0 aromatic heterocycles. The fourth-order valence-electron chi connectivity index (χ4n) is 3.02. The number of carbonyl (C=O) groups is 1. The minimum Gasteiger partial charge on any atom is -0.509 e. The summed E-state index contributed by atoms with van der Waals surface area (Å²) in [5.74, 6) is -0.468. The summed E-state index contributed by atoms with van der Waals surface area (Å²) in [6.07, 6.45) is 3.11. The molecule has 2 N–H and O–H groups in total. The Hall–Kier alpha value is -2.85. The molecule has 0 spiro atoms. The van der Waals surface area contributed by atoms with Gasteiger partial charge in [0.25, 0.3) is 0 Å². The Morgan fingerprint density at radius 1 is 1.00 bits per heavy atom. The molecule has 0 radical (unpaired) electrons. The van der Waals surface area contributed by atoms with Crippen molar-refractivity contribution in [1.29, 1.82) is 0 Å². The smallest absolute Gasteiger partial charge is 0.343 e. The van der Waals surface area contributed by atoms with Crippen LogP contribution in [0.2, 0.25) is 0 Å². The van der Waals surface area contributed by atoms with Gasteiger partial charge in [0.2, 0.25) is 0 Å². The van der Waals surface area contributed by atoms with Crippen molar-refractivity contribution in [2.45, 2.75) is 32.8 Å². The molecular weight excluding hydrogens is 340 g/mol. The number of carbonyl (C=O) groups excluding carboxylic acids is 1. The summed E-state index contributed by atoms with van der Waals surface area (Å²) in [5, 5.41) is 20.9. The van der Waals surface area contributed by atoms with Gasteiger partial charge < -0.3 is 14.9 Å². The molecule has 3 rings (SSSR count). The zero-order valence-electron chi connectivity index (χ0n) is 15.8. The number of hydrogen-bond donors (Lipinski definition) is 2. The molecule has 1 aliphatic rings. The van der Waals surface area contributed by atoms with Crippen LogP contribution in [-0.2, 0) is 4.74 Å². The predicted molar refractivity (Wildman–Crippen MR) is 105 cm³/mol. The highest BCUT2D eigenvalue weighted by Crippen LogP contribution is 2.41. The lowest BCUT2D eigenvalue weighted by Crippen LogP contribution is -2.45. The van der Waals surface area contributed by atoms with Crippen molar-refractivity contribution in [2.24, 2.45) is 5.41 Å². The van der Waals surface area contributed by atoms with Crippen LogP contribution in [0.4, 0.5) is 0 Å². The van der Waals surface area contributed by atoms with Crippen molar-refractivity contribution >= 4 is 5.97 Å². The molecule has 140 valence electrons. The largest absolute Gasteiger partial charge is 0.509 e. The standard InChI is InChI=1S/C23H24O4/c1-22(2,3)23(26)14-13-19(15-20(23)24)27-21(25)18-11-9-17(10-12-18)16-7-5-4-6-8-16/h4-13,15,24,26H,14H2,1-3H3. The maximum atomic E-state index is 12.4. The Bertz CT molecular complexity index is 886. The van der Waals surface area contributed by atoms with E-state index < -0.39 is 17.0 Å². The lowest BCUT2D eigenvalue weighted by atomic mass is 9.71. The second-order valence-corrected chi connectivity index (χ2v) is 7.78. The number of esters is 1. The Kier molecular flexibility index (Phi) is 4.94. The molecule has 1 atom stereocenters. The third-order valence-corrected chi connectivity index (χ3v) is 4.98. The van der Waals surface area contributed by atoms with Gasteiger partial charge in [0.1, 0.15) is 17.1 Å². The van der Waals surface area contributed by atoms with E-state index in [9.17, 15) is 15.0 Å². The van der Waals surface area contributed by atoms with Crippen LogP contribution in [0.25, 0.3) is 11.1 Å². The van der Waals surface area contributed by atoms with Crippen LogP contribution in [0.3, 0.4) is 0 Å². The van der Waals surface area contributed by atoms with E-state index in [1.54, 1.807) is 18.2 Å². The molecule has 0 aliphatic heterocycles. The number of aliphatic hydroxyl groups is 2. The molecule has 1 unspecified atom stereocenters. The highest BCUT2D eigenvalue weighted by molar-refractivity contribution is 5.91. The molecule has 4 nitrogen and oxygen atoms in total. The molecule has 27 heavy (non-hydrogen) atoms. The SMILES string of the molecule is CC(C)(C)C1(O)CC=C(OC(=O)c2ccc(-c3ccccc3)cc2)C=C1O. The minimum absolute atomic E-state index is 0.175. The Balaban J connectivity index is 1.72. The van der Waals surface area contributed by atoms with E-state index >= 15 is 0 Å². The third-order valence-electron chi connectivity index (χ3n) is 4.98. The van der Waals surface area contributed by atoms with Crippen LogP contribution in [-0.4, -0.2) is 21.8 Å². The molecule has 0 saturated heterocycles. The highest BCUT2D eigenvalue weighted by atomic mass is 16.5. The van der Waals surface area contributed by atoms with Gasteiger partial charge in [-0.15, -0.1) is 0 Å². The molecule has 0 bridgehead atoms. The van der Waals surface area contributed by atoms with Gasteiger partial charge in [-0.05, 0) is 34.8 Å². The van der Waals surface area contributed by atoms with E-state index in [4.69, 9.17) is 4.74 Å². The lowest BCUT2D eigenvalue weighted by Gasteiger charge is -2.40. The quantitative estimate of drug-likeness (QED) is 0.751. The van der Waals surface area contributed by atoms with Gasteiger partial charge in [-0.3, -0.25) is 0 Å². The van der Waals surface area contributed by atoms with Crippen molar-refractivity contribution < 1.29 is 19.7 Å². The first-order valence-corrected chi connectivity index (χ1v) is 8.92. The van der Waals surface area contributed by atoms with Crippen LogP contribution in [0.15, 0.2) is 78.3 Å². The lowest BCUT2D eigenvalue weighted by molar-refractivity contribution is -0.0551. The van der Waals surface area contributed by atoms with Crippen molar-refractivity contribution in [3.8, 4) is 11.1 Å². The molecule has 1 aliphatic carbocycles. The molecule has 0 saturated carbocycles. The summed E-state index contributed by atoms with van der Waals surface area (Å²) in [6, 6.07) is 17.0. The summed E-state index contributed by atoms with van der Waals surface area (Å²) in [7, 11) is 0. The first kappa shape index (κ1) is 18.9. The highest BCUT2D eigenvalue weighted by Gasteiger charge is 2.44. The van der Waals surface area contributed by atoms with E-state index in [0.29, 0.717) is 5.56 Å². The molecule has 2 aromatic rings. The Labute approximate surface area is 159 Å². The zero-order valence-corrected chi connectivity index (χ0v) is 15.8. The predicted octanol–water partition coefficient (Wildman–Crippen LogP) is 5.02. The monoisotopic (exact) mass is 364 g/mol. The average molecular weight is 364 g/mol. The number of rotatable bonds is 3. The summed E-state index contributed by atoms with van der Waals surface area (Å²) in [4.78, 5) is 12.4. The zero-order chi connectivity index (χ0) is 19.7. The number of aliphatic hydroxyl groups excluding tert-OH is 1. The van der Waals surface area contributed by atoms with E-state index in [1.165, 1.54) is 6.08 Å². The van der Waals surface area contributed by atoms with E-state index in [2.05, 4.69) is 0 Å². The molecule has 4 heteroatoms. The second kappa shape index (κ2) is 7.05. The number of benzene rings is 2. The Morgan fingerprint density at radius 2 is 1.59 bits per heavy atom. The fourth-order valence-corrected chi connectivity index (χ4v) is 3.02. The van der Waals surface area contributed by atoms with Gasteiger partial charge in [0, 0.05) is 12.5 Å². The summed E-state index contributed by atoms with van der Waals surface area (Å²) in [5.41, 5.74) is 0.575. The summed E-state index contributed by atoms with van der Waals surface area (Å²) in [6.45, 7) is 5.53. The normalized spacial score (nSPS) is 19.9. The van der Waals surface area contributed by atoms with E-state index in [0.717, 1.165) is 11.1 Å². The first-order chi connectivity index (χ1) is 12.7. The van der Waals surface area contributed by atoms with Crippen molar-refractivity contribution in [1.82, 2.24) is 0 Å². The van der Waals surface area contributed by atoms with E-state index in [1.807, 2.05) is 63.2 Å². The summed E-state index contributed by atoms with van der Waals surface area (Å²) < 4.78 is 5.37. The van der Waals surface area contributed by atoms with Gasteiger partial charge >= 0.3 is 5.97 Å². The Morgan fingerprint density at radius 3 is 2.15 bits per heavy atom. The average Bonchev–Trinajstić information content (AvgIpc) is 2.65. The van der Waals surface area contributed by atoms with Crippen molar-refractivity contribution in [3.63, 3.8) is 0 Å². The van der Waals surface area contributed by atoms with Crippen LogP contribution in [0.5, 0.6) is 0 Å². The maximum Gasteiger partial charge on any atom is 0.343 e. The molecule has 2 aromatic carbocycles. The molecule has 0 fully saturated rings. The van der Waals surface area contributed by atoms with Crippen molar-refractivity contribution in [3.05, 3.63) is 83.8 Å². The van der Waals surface area contributed by atoms with Gasteiger partial charge in [-0.25, -0.2) is 4.79 Å². The third kappa shape index (κ3) is 3.81. The molecular formula is C23H24O4. The van der Waals surface area contributed by atoms with Crippen LogP contribution >= 0.6 is 0 Å². The van der Waals surface area contributed by atoms with Crippen molar-refractivity contribution in [2.75, 3.05) is 0 Å². The fraction of sp³-hybridized carbons (Fsp3) is 0.261. The van der Waals surface area contributed by atoms with Gasteiger partial charge in [-0.2, -0.15) is 0 Å². The maximum absolute atomic E-state index is 12.4.